The van der Waals surface area contributed by atoms with Crippen molar-refractivity contribution in [3.8, 4) is 0 Å². The molecule has 0 amide bonds. The smallest absolute Gasteiger partial charge is 0.331 e. The molecule has 2 saturated carbocycles. The summed E-state index contributed by atoms with van der Waals surface area (Å²) in [4.78, 5) is 52.9. The molecule has 10 nitrogen and oxygen atoms in total. The van der Waals surface area contributed by atoms with E-state index in [4.69, 9.17) is 23.4 Å². The van der Waals surface area contributed by atoms with Crippen LogP contribution in [0, 0.1) is 28.1 Å². The Morgan fingerprint density at radius 1 is 1.06 bits per heavy atom. The van der Waals surface area contributed by atoms with E-state index in [1.165, 1.54) is 20.1 Å². The quantitative estimate of drug-likeness (QED) is 0.132. The van der Waals surface area contributed by atoms with Crippen LogP contribution >= 0.6 is 0 Å². The van der Waals surface area contributed by atoms with Crippen LogP contribution in [0.5, 0.6) is 0 Å². The number of hydrogen-bond donors (Lipinski definition) is 1. The molecule has 0 radical (unpaired) electrons. The van der Waals surface area contributed by atoms with Crippen molar-refractivity contribution in [3.63, 3.8) is 0 Å². The van der Waals surface area contributed by atoms with Gasteiger partial charge in [-0.3, -0.25) is 9.59 Å². The van der Waals surface area contributed by atoms with Gasteiger partial charge in [-0.15, -0.1) is 0 Å². The van der Waals surface area contributed by atoms with Gasteiger partial charge in [0.05, 0.1) is 37.3 Å². The molecule has 4 aliphatic rings. The van der Waals surface area contributed by atoms with Crippen LogP contribution in [-0.4, -0.2) is 66.9 Å². The van der Waals surface area contributed by atoms with Crippen LogP contribution in [0.25, 0.3) is 6.08 Å². The molecule has 2 aromatic rings. The molecule has 1 aromatic heterocycles. The number of benzene rings is 1. The fraction of sp³-hybridized carbons (Fsp3) is 0.526. The van der Waals surface area contributed by atoms with Crippen LogP contribution in [0.4, 0.5) is 0 Å². The lowest BCUT2D eigenvalue weighted by Crippen LogP contribution is -2.73. The highest BCUT2D eigenvalue weighted by atomic mass is 16.6. The number of carbonyl (C=O) groups excluding carboxylic acids is 4. The first kappa shape index (κ1) is 33.9. The van der Waals surface area contributed by atoms with Gasteiger partial charge in [0.15, 0.2) is 0 Å². The van der Waals surface area contributed by atoms with Crippen LogP contribution < -0.4 is 0 Å². The number of methoxy groups -OCH3 is 1. The maximum Gasteiger partial charge on any atom is 0.331 e. The normalized spacial score (nSPS) is 38.6. The fourth-order valence-electron chi connectivity index (χ4n) is 9.98. The number of furan rings is 1. The van der Waals surface area contributed by atoms with Crippen molar-refractivity contribution in [1.29, 1.82) is 0 Å². The summed E-state index contributed by atoms with van der Waals surface area (Å²) < 4.78 is 29.9. The summed E-state index contributed by atoms with van der Waals surface area (Å²) in [7, 11) is 1.32. The van der Waals surface area contributed by atoms with Crippen molar-refractivity contribution in [2.75, 3.05) is 7.11 Å². The average molecular weight is 661 g/mol. The van der Waals surface area contributed by atoms with E-state index in [0.717, 1.165) is 22.3 Å². The van der Waals surface area contributed by atoms with Gasteiger partial charge in [0.1, 0.15) is 24.6 Å². The van der Waals surface area contributed by atoms with Gasteiger partial charge in [-0.2, -0.15) is 0 Å². The van der Waals surface area contributed by atoms with E-state index in [1.807, 2.05) is 50.2 Å². The van der Waals surface area contributed by atoms with Crippen LogP contribution in [0.3, 0.4) is 0 Å². The molecular formula is C38H44O10. The lowest BCUT2D eigenvalue weighted by atomic mass is 9.39. The Hall–Kier alpha value is -4.02. The molecule has 48 heavy (non-hydrogen) atoms. The molecule has 0 unspecified atom stereocenters. The molecule has 6 rings (SSSR count). The summed E-state index contributed by atoms with van der Waals surface area (Å²) in [5.41, 5.74) is 0.304. The minimum absolute atomic E-state index is 0.00294. The molecule has 3 aliphatic carbocycles. The Morgan fingerprint density at radius 3 is 2.42 bits per heavy atom. The van der Waals surface area contributed by atoms with Gasteiger partial charge >= 0.3 is 17.9 Å². The zero-order valence-corrected chi connectivity index (χ0v) is 28.2. The maximum absolute atomic E-state index is 13.5. The van der Waals surface area contributed by atoms with Gasteiger partial charge in [-0.1, -0.05) is 49.8 Å². The van der Waals surface area contributed by atoms with Crippen molar-refractivity contribution in [2.24, 2.45) is 28.1 Å². The number of hydrogen-bond acceptors (Lipinski definition) is 10. The second-order valence-corrected chi connectivity index (χ2v) is 14.4. The molecule has 256 valence electrons. The molecule has 0 spiro atoms. The molecule has 1 saturated heterocycles. The molecule has 1 aliphatic heterocycles. The Morgan fingerprint density at radius 2 is 1.79 bits per heavy atom. The molecule has 3 fully saturated rings. The lowest BCUT2D eigenvalue weighted by molar-refractivity contribution is -0.279. The number of allylic oxidation sites excluding steroid dienone is 1. The highest BCUT2D eigenvalue weighted by molar-refractivity contribution is 5.87. The second-order valence-electron chi connectivity index (χ2n) is 14.4. The SMILES string of the molecule is COC(=O)C[C@H]1[C@]2(C)C3=C(C)[C@H](c4ccoc4)C[C@H]3O[C@@H]2[C@H](OC(C)=O)[C@H]2[C@](C)(C=O)[C@H](O)C[C@H](OC(=O)C=Cc3ccccc3)[C@@]21C. The first-order valence-electron chi connectivity index (χ1n) is 16.5. The Kier molecular flexibility index (Phi) is 8.79. The molecule has 2 heterocycles. The first-order chi connectivity index (χ1) is 22.8. The predicted octanol–water partition coefficient (Wildman–Crippen LogP) is 5.20. The highest BCUT2D eigenvalue weighted by Crippen LogP contribution is 2.72. The summed E-state index contributed by atoms with van der Waals surface area (Å²) in [6.07, 6.45) is 3.09. The van der Waals surface area contributed by atoms with E-state index in [0.29, 0.717) is 12.7 Å². The lowest BCUT2D eigenvalue weighted by Gasteiger charge is -2.66. The van der Waals surface area contributed by atoms with Crippen molar-refractivity contribution in [1.82, 2.24) is 0 Å². The molecular weight excluding hydrogens is 616 g/mol. The number of carbonyl (C=O) groups is 4. The highest BCUT2D eigenvalue weighted by Gasteiger charge is 2.76. The van der Waals surface area contributed by atoms with Gasteiger partial charge < -0.3 is 33.3 Å². The average Bonchev–Trinajstić information content (AvgIpc) is 3.77. The zero-order chi connectivity index (χ0) is 34.6. The Bertz CT molecular complexity index is 1630. The van der Waals surface area contributed by atoms with E-state index in [1.54, 1.807) is 25.5 Å². The summed E-state index contributed by atoms with van der Waals surface area (Å²) in [5, 5.41) is 11.7. The third-order valence-corrected chi connectivity index (χ3v) is 12.1. The minimum Gasteiger partial charge on any atom is -0.472 e. The van der Waals surface area contributed by atoms with E-state index >= 15 is 0 Å². The molecule has 0 bridgehead atoms. The van der Waals surface area contributed by atoms with Crippen molar-refractivity contribution in [3.05, 3.63) is 77.3 Å². The number of fused-ring (bicyclic) bond motifs is 4. The summed E-state index contributed by atoms with van der Waals surface area (Å²) in [6.45, 7) is 8.91. The van der Waals surface area contributed by atoms with Crippen LogP contribution in [-0.2, 0) is 38.1 Å². The number of rotatable bonds is 8. The fourth-order valence-corrected chi connectivity index (χ4v) is 9.98. The molecule has 1 aromatic carbocycles. The van der Waals surface area contributed by atoms with Gasteiger partial charge in [0, 0.05) is 48.5 Å². The minimum atomic E-state index is -1.45. The molecule has 1 N–H and O–H groups in total. The number of esters is 3. The van der Waals surface area contributed by atoms with Crippen LogP contribution in [0.2, 0.25) is 0 Å². The number of aliphatic hydroxyl groups excluding tert-OH is 1. The first-order valence-corrected chi connectivity index (χ1v) is 16.5. The standard InChI is InChI=1S/C38H44O10/c1-21-25(24-14-15-45-19-24)16-26-32(21)38(5)27(17-31(43)44-6)37(4)29(48-30(42)13-12-23-10-8-7-9-11-23)18-28(41)36(3,20-39)34(37)33(35(38)47-26)46-22(2)40/h7-15,19-20,25-29,33-35,41H,16-18H2,1-6H3/t25-,26-,27-,28-,29+,33-,34+,35-,36-,37+,38-/m1/s1. The molecule has 10 heteroatoms. The van der Waals surface area contributed by atoms with E-state index < -0.39 is 70.4 Å². The number of ether oxygens (including phenoxy) is 4. The molecule has 11 atom stereocenters. The van der Waals surface area contributed by atoms with E-state index in [9.17, 15) is 24.3 Å². The number of aliphatic hydroxyl groups is 1. The summed E-state index contributed by atoms with van der Waals surface area (Å²) >= 11 is 0. The third-order valence-electron chi connectivity index (χ3n) is 12.1. The van der Waals surface area contributed by atoms with Crippen molar-refractivity contribution < 1.29 is 47.6 Å². The Labute approximate surface area is 280 Å². The summed E-state index contributed by atoms with van der Waals surface area (Å²) in [5.74, 6) is -3.22. The second kappa shape index (κ2) is 12.5. The van der Waals surface area contributed by atoms with Crippen LogP contribution in [0.1, 0.15) is 70.9 Å². The van der Waals surface area contributed by atoms with E-state index in [-0.39, 0.29) is 24.9 Å². The van der Waals surface area contributed by atoms with Crippen LogP contribution in [0.15, 0.2) is 70.6 Å². The van der Waals surface area contributed by atoms with Crippen molar-refractivity contribution >= 4 is 30.3 Å². The van der Waals surface area contributed by atoms with Gasteiger partial charge in [-0.05, 0) is 55.0 Å². The van der Waals surface area contributed by atoms with Gasteiger partial charge in [0.25, 0.3) is 0 Å². The van der Waals surface area contributed by atoms with Gasteiger partial charge in [0.2, 0.25) is 0 Å². The van der Waals surface area contributed by atoms with Gasteiger partial charge in [-0.25, -0.2) is 4.79 Å². The largest absolute Gasteiger partial charge is 0.472 e. The zero-order valence-electron chi connectivity index (χ0n) is 28.2. The number of aldehydes is 1. The summed E-state index contributed by atoms with van der Waals surface area (Å²) in [6, 6.07) is 11.2. The predicted molar refractivity (Wildman–Crippen MR) is 173 cm³/mol. The third kappa shape index (κ3) is 5.15. The Balaban J connectivity index is 1.54. The monoisotopic (exact) mass is 660 g/mol. The van der Waals surface area contributed by atoms with Crippen molar-refractivity contribution in [2.45, 2.75) is 90.3 Å². The maximum atomic E-state index is 13.5. The topological polar surface area (TPSA) is 139 Å². The van der Waals surface area contributed by atoms with E-state index in [2.05, 4.69) is 6.92 Å².